The van der Waals surface area contributed by atoms with Gasteiger partial charge in [-0.15, -0.1) is 0 Å². The summed E-state index contributed by atoms with van der Waals surface area (Å²) in [7, 11) is 3.97. The molecule has 0 aromatic heterocycles. The predicted molar refractivity (Wildman–Crippen MR) is 69.1 cm³/mol. The lowest BCUT2D eigenvalue weighted by molar-refractivity contribution is -0.141. The van der Waals surface area contributed by atoms with Gasteiger partial charge >= 0.3 is 0 Å². The minimum Gasteiger partial charge on any atom is -0.370 e. The van der Waals surface area contributed by atoms with Crippen molar-refractivity contribution in [1.82, 2.24) is 9.80 Å². The highest BCUT2D eigenvalue weighted by molar-refractivity contribution is 5.74. The first kappa shape index (κ1) is 16.1. The van der Waals surface area contributed by atoms with Gasteiger partial charge in [0.25, 0.3) is 0 Å². The van der Waals surface area contributed by atoms with Gasteiger partial charge in [-0.2, -0.15) is 0 Å². The number of ether oxygens (including phenoxy) is 2. The van der Waals surface area contributed by atoms with Crippen LogP contribution < -0.4 is 5.73 Å². The number of likely N-dealkylation sites (N-methyl/N-ethyl adjacent to an activating group) is 1. The van der Waals surface area contributed by atoms with Crippen molar-refractivity contribution in [2.75, 3.05) is 46.9 Å². The van der Waals surface area contributed by atoms with E-state index in [1.54, 1.807) is 4.90 Å². The molecule has 6 heteroatoms. The van der Waals surface area contributed by atoms with E-state index >= 15 is 0 Å². The number of nitrogens with two attached hydrogens (primary N) is 1. The second-order valence-electron chi connectivity index (χ2n) is 3.97. The second kappa shape index (κ2) is 9.21. The third kappa shape index (κ3) is 7.95. The van der Waals surface area contributed by atoms with Crippen LogP contribution in [0.3, 0.4) is 0 Å². The lowest BCUT2D eigenvalue weighted by Crippen LogP contribution is -2.45. The molecule has 0 saturated carbocycles. The van der Waals surface area contributed by atoms with Crippen LogP contribution in [-0.2, 0) is 9.47 Å². The van der Waals surface area contributed by atoms with Gasteiger partial charge in [0.1, 0.15) is 0 Å². The Balaban J connectivity index is 4.23. The maximum atomic E-state index is 7.53. The van der Waals surface area contributed by atoms with E-state index in [0.29, 0.717) is 26.3 Å². The zero-order valence-electron chi connectivity index (χ0n) is 11.4. The van der Waals surface area contributed by atoms with Gasteiger partial charge in [-0.05, 0) is 27.9 Å². The van der Waals surface area contributed by atoms with Crippen molar-refractivity contribution in [3.8, 4) is 0 Å². The van der Waals surface area contributed by atoms with Gasteiger partial charge < -0.3 is 25.0 Å². The molecule has 6 nitrogen and oxygen atoms in total. The van der Waals surface area contributed by atoms with E-state index in [2.05, 4.69) is 0 Å². The molecule has 0 amide bonds. The van der Waals surface area contributed by atoms with Gasteiger partial charge in [-0.3, -0.25) is 5.41 Å². The van der Waals surface area contributed by atoms with Crippen LogP contribution in [0.1, 0.15) is 13.8 Å². The van der Waals surface area contributed by atoms with Crippen LogP contribution in [0, 0.1) is 5.41 Å². The Labute approximate surface area is 104 Å². The molecule has 0 aliphatic carbocycles. The monoisotopic (exact) mass is 246 g/mol. The highest BCUT2D eigenvalue weighted by Crippen LogP contribution is 2.00. The fraction of sp³-hybridized carbons (Fsp3) is 0.909. The van der Waals surface area contributed by atoms with E-state index in [9.17, 15) is 0 Å². The van der Waals surface area contributed by atoms with Gasteiger partial charge in [-0.25, -0.2) is 0 Å². The first-order valence-corrected chi connectivity index (χ1v) is 5.98. The number of hydrogen-bond donors (Lipinski definition) is 2. The van der Waals surface area contributed by atoms with E-state index in [1.165, 1.54) is 0 Å². The molecule has 0 atom stereocenters. The molecule has 0 heterocycles. The molecule has 0 aliphatic heterocycles. The van der Waals surface area contributed by atoms with Crippen molar-refractivity contribution in [3.05, 3.63) is 0 Å². The Morgan fingerprint density at radius 2 is 1.71 bits per heavy atom. The van der Waals surface area contributed by atoms with Crippen molar-refractivity contribution < 1.29 is 9.47 Å². The fourth-order valence-electron chi connectivity index (χ4n) is 1.34. The van der Waals surface area contributed by atoms with Crippen molar-refractivity contribution >= 4 is 5.96 Å². The van der Waals surface area contributed by atoms with Crippen molar-refractivity contribution in [3.63, 3.8) is 0 Å². The standard InChI is InChI=1S/C11H26N4O2/c1-5-16-10(17-6-2)9-15(11(12)13)8-7-14(3)4/h10H,5-9H2,1-4H3,(H3,12,13). The molecule has 3 N–H and O–H groups in total. The van der Waals surface area contributed by atoms with Gasteiger partial charge in [0.05, 0.1) is 6.54 Å². The SMILES string of the molecule is CCOC(CN(CCN(C)C)C(=N)N)OCC. The summed E-state index contributed by atoms with van der Waals surface area (Å²) in [4.78, 5) is 3.81. The molecule has 0 spiro atoms. The predicted octanol–water partition coefficient (Wildman–Crippen LogP) is 0.143. The molecule has 0 aromatic rings. The summed E-state index contributed by atoms with van der Waals surface area (Å²) in [5, 5.41) is 7.53. The quantitative estimate of drug-likeness (QED) is 0.344. The third-order valence-electron chi connectivity index (χ3n) is 2.23. The van der Waals surface area contributed by atoms with Crippen molar-refractivity contribution in [2.24, 2.45) is 5.73 Å². The zero-order valence-corrected chi connectivity index (χ0v) is 11.4. The zero-order chi connectivity index (χ0) is 13.3. The maximum Gasteiger partial charge on any atom is 0.188 e. The summed E-state index contributed by atoms with van der Waals surface area (Å²) in [5.41, 5.74) is 5.54. The number of guanidine groups is 1. The average Bonchev–Trinajstić information content (AvgIpc) is 2.23. The summed E-state index contributed by atoms with van der Waals surface area (Å²) in [5.74, 6) is 0.0521. The van der Waals surface area contributed by atoms with Crippen molar-refractivity contribution in [1.29, 1.82) is 5.41 Å². The highest BCUT2D eigenvalue weighted by atomic mass is 16.7. The number of hydrogen-bond acceptors (Lipinski definition) is 4. The Hall–Kier alpha value is -0.850. The highest BCUT2D eigenvalue weighted by Gasteiger charge is 2.15. The number of rotatable bonds is 9. The van der Waals surface area contributed by atoms with Gasteiger partial charge in [0.15, 0.2) is 12.2 Å². The molecule has 102 valence electrons. The first-order valence-electron chi connectivity index (χ1n) is 5.98. The Morgan fingerprint density at radius 1 is 1.18 bits per heavy atom. The van der Waals surface area contributed by atoms with E-state index in [0.717, 1.165) is 6.54 Å². The minimum absolute atomic E-state index is 0.0521. The fourth-order valence-corrected chi connectivity index (χ4v) is 1.34. The molecule has 17 heavy (non-hydrogen) atoms. The third-order valence-corrected chi connectivity index (χ3v) is 2.23. The van der Waals surface area contributed by atoms with E-state index in [1.807, 2.05) is 32.8 Å². The Bertz CT molecular complexity index is 206. The molecule has 0 aliphatic rings. The number of nitrogens with one attached hydrogen (secondary N) is 1. The van der Waals surface area contributed by atoms with Crippen LogP contribution in [0.15, 0.2) is 0 Å². The summed E-state index contributed by atoms with van der Waals surface area (Å²) in [6.45, 7) is 7.04. The normalized spacial score (nSPS) is 11.2. The van der Waals surface area contributed by atoms with E-state index in [4.69, 9.17) is 20.6 Å². The largest absolute Gasteiger partial charge is 0.370 e. The Morgan fingerprint density at radius 3 is 2.06 bits per heavy atom. The lowest BCUT2D eigenvalue weighted by atomic mass is 10.4. The van der Waals surface area contributed by atoms with Crippen LogP contribution >= 0.6 is 0 Å². The first-order chi connectivity index (χ1) is 8.01. The molecule has 0 fully saturated rings. The lowest BCUT2D eigenvalue weighted by Gasteiger charge is -2.28. The summed E-state index contributed by atoms with van der Waals surface area (Å²) < 4.78 is 10.9. The Kier molecular flexibility index (Phi) is 8.75. The summed E-state index contributed by atoms with van der Waals surface area (Å²) >= 11 is 0. The average molecular weight is 246 g/mol. The van der Waals surface area contributed by atoms with Crippen LogP contribution in [-0.4, -0.2) is 69.0 Å². The molecule has 0 rings (SSSR count). The van der Waals surface area contributed by atoms with Gasteiger partial charge in [-0.1, -0.05) is 0 Å². The maximum absolute atomic E-state index is 7.53. The molecule has 0 bridgehead atoms. The number of nitrogens with zero attached hydrogens (tertiary/aromatic N) is 2. The molecule has 0 saturated heterocycles. The molecular formula is C11H26N4O2. The second-order valence-corrected chi connectivity index (χ2v) is 3.97. The molecular weight excluding hydrogens is 220 g/mol. The minimum atomic E-state index is -0.323. The van der Waals surface area contributed by atoms with Crippen LogP contribution in [0.2, 0.25) is 0 Å². The topological polar surface area (TPSA) is 74.8 Å². The van der Waals surface area contributed by atoms with Crippen LogP contribution in [0.5, 0.6) is 0 Å². The summed E-state index contributed by atoms with van der Waals surface area (Å²) in [6.07, 6.45) is -0.323. The van der Waals surface area contributed by atoms with Gasteiger partial charge in [0.2, 0.25) is 0 Å². The smallest absolute Gasteiger partial charge is 0.188 e. The molecule has 0 radical (unpaired) electrons. The molecule has 0 unspecified atom stereocenters. The summed E-state index contributed by atoms with van der Waals surface area (Å²) in [6, 6.07) is 0. The van der Waals surface area contributed by atoms with E-state index < -0.39 is 0 Å². The molecule has 0 aromatic carbocycles. The van der Waals surface area contributed by atoms with Crippen LogP contribution in [0.25, 0.3) is 0 Å². The van der Waals surface area contributed by atoms with E-state index in [-0.39, 0.29) is 12.2 Å². The van der Waals surface area contributed by atoms with Crippen molar-refractivity contribution in [2.45, 2.75) is 20.1 Å². The van der Waals surface area contributed by atoms with Crippen LogP contribution in [0.4, 0.5) is 0 Å². The van der Waals surface area contributed by atoms with Gasteiger partial charge in [0, 0.05) is 26.3 Å².